The summed E-state index contributed by atoms with van der Waals surface area (Å²) in [6, 6.07) is 0. The van der Waals surface area contributed by atoms with E-state index < -0.39 is 12.1 Å². The molecule has 1 rings (SSSR count). The molecule has 0 aliphatic carbocycles. The fraction of sp³-hybridized carbons (Fsp3) is 0.667. The Hall–Kier alpha value is -1.10. The molecule has 1 heterocycles. The molecule has 0 bridgehead atoms. The van der Waals surface area contributed by atoms with Gasteiger partial charge in [-0.2, -0.15) is 0 Å². The molecule has 1 saturated heterocycles. The van der Waals surface area contributed by atoms with Gasteiger partial charge in [-0.1, -0.05) is 0 Å². The molecular formula is C6H9NO4. The third-order valence-electron chi connectivity index (χ3n) is 1.55. The summed E-state index contributed by atoms with van der Waals surface area (Å²) < 4.78 is 4.73. The SMILES string of the molecule is CN1CC(C(=O)O)OCC1=O. The van der Waals surface area contributed by atoms with Gasteiger partial charge in [-0.05, 0) is 0 Å². The van der Waals surface area contributed by atoms with Crippen molar-refractivity contribution < 1.29 is 19.4 Å². The predicted octanol–water partition coefficient (Wildman–Crippen LogP) is -1.07. The molecule has 0 aromatic rings. The van der Waals surface area contributed by atoms with Crippen LogP contribution in [0.1, 0.15) is 0 Å². The van der Waals surface area contributed by atoms with E-state index in [-0.39, 0.29) is 19.1 Å². The van der Waals surface area contributed by atoms with E-state index in [1.807, 2.05) is 0 Å². The highest BCUT2D eigenvalue weighted by molar-refractivity contribution is 5.81. The first-order valence-electron chi connectivity index (χ1n) is 3.19. The second-order valence-corrected chi connectivity index (χ2v) is 2.41. The van der Waals surface area contributed by atoms with E-state index in [1.54, 1.807) is 7.05 Å². The predicted molar refractivity (Wildman–Crippen MR) is 35.0 cm³/mol. The number of likely N-dealkylation sites (N-methyl/N-ethyl adjacent to an activating group) is 1. The molecule has 1 N–H and O–H groups in total. The van der Waals surface area contributed by atoms with Crippen LogP contribution in [0.2, 0.25) is 0 Å². The first-order valence-corrected chi connectivity index (χ1v) is 3.19. The molecule has 1 atom stereocenters. The van der Waals surface area contributed by atoms with Crippen molar-refractivity contribution in [1.29, 1.82) is 0 Å². The molecule has 0 aromatic heterocycles. The zero-order valence-corrected chi connectivity index (χ0v) is 6.11. The topological polar surface area (TPSA) is 66.8 Å². The minimum atomic E-state index is -1.02. The summed E-state index contributed by atoms with van der Waals surface area (Å²) in [7, 11) is 1.56. The van der Waals surface area contributed by atoms with Gasteiger partial charge in [-0.15, -0.1) is 0 Å². The monoisotopic (exact) mass is 159 g/mol. The summed E-state index contributed by atoms with van der Waals surface area (Å²) in [4.78, 5) is 22.5. The Kier molecular flexibility index (Phi) is 2.09. The zero-order chi connectivity index (χ0) is 8.43. The summed E-state index contributed by atoms with van der Waals surface area (Å²) in [6.07, 6.45) is -0.863. The van der Waals surface area contributed by atoms with E-state index in [4.69, 9.17) is 9.84 Å². The van der Waals surface area contributed by atoms with E-state index in [9.17, 15) is 9.59 Å². The number of nitrogens with zero attached hydrogens (tertiary/aromatic N) is 1. The number of rotatable bonds is 1. The van der Waals surface area contributed by atoms with E-state index >= 15 is 0 Å². The summed E-state index contributed by atoms with van der Waals surface area (Å²) in [5.74, 6) is -1.20. The van der Waals surface area contributed by atoms with Gasteiger partial charge in [0.15, 0.2) is 6.10 Å². The smallest absolute Gasteiger partial charge is 0.334 e. The Morgan fingerprint density at radius 1 is 1.82 bits per heavy atom. The number of carboxylic acids is 1. The van der Waals surface area contributed by atoms with Crippen LogP contribution in [-0.2, 0) is 14.3 Å². The van der Waals surface area contributed by atoms with Crippen molar-refractivity contribution in [3.05, 3.63) is 0 Å². The summed E-state index contributed by atoms with van der Waals surface area (Å²) in [6.45, 7) is 0.00162. The molecule has 1 unspecified atom stereocenters. The number of carbonyl (C=O) groups is 2. The van der Waals surface area contributed by atoms with Crippen molar-refractivity contribution in [3.8, 4) is 0 Å². The van der Waals surface area contributed by atoms with Gasteiger partial charge in [0.1, 0.15) is 6.61 Å². The van der Waals surface area contributed by atoms with E-state index in [2.05, 4.69) is 0 Å². The van der Waals surface area contributed by atoms with Crippen molar-refractivity contribution in [2.75, 3.05) is 20.2 Å². The Morgan fingerprint density at radius 2 is 2.45 bits per heavy atom. The number of carboxylic acid groups (broad SMARTS) is 1. The van der Waals surface area contributed by atoms with Crippen LogP contribution in [0.5, 0.6) is 0 Å². The molecule has 5 heteroatoms. The first-order chi connectivity index (χ1) is 5.11. The Bertz CT molecular complexity index is 191. The van der Waals surface area contributed by atoms with Crippen molar-refractivity contribution in [3.63, 3.8) is 0 Å². The highest BCUT2D eigenvalue weighted by Gasteiger charge is 2.28. The zero-order valence-electron chi connectivity index (χ0n) is 6.11. The first kappa shape index (κ1) is 8.00. The van der Waals surface area contributed by atoms with E-state index in [0.717, 1.165) is 0 Å². The van der Waals surface area contributed by atoms with Gasteiger partial charge in [0, 0.05) is 7.05 Å². The normalized spacial score (nSPS) is 25.4. The Balaban J connectivity index is 2.52. The second-order valence-electron chi connectivity index (χ2n) is 2.41. The maximum atomic E-state index is 10.8. The van der Waals surface area contributed by atoms with Crippen molar-refractivity contribution in [2.45, 2.75) is 6.10 Å². The van der Waals surface area contributed by atoms with Gasteiger partial charge >= 0.3 is 5.97 Å². The van der Waals surface area contributed by atoms with Gasteiger partial charge in [0.05, 0.1) is 6.54 Å². The van der Waals surface area contributed by atoms with Crippen LogP contribution in [0.4, 0.5) is 0 Å². The molecule has 0 saturated carbocycles. The third-order valence-corrected chi connectivity index (χ3v) is 1.55. The van der Waals surface area contributed by atoms with Crippen LogP contribution in [0.3, 0.4) is 0 Å². The molecular weight excluding hydrogens is 150 g/mol. The summed E-state index contributed by atoms with van der Waals surface area (Å²) in [5.41, 5.74) is 0. The molecule has 11 heavy (non-hydrogen) atoms. The molecule has 0 spiro atoms. The Morgan fingerprint density at radius 3 is 2.91 bits per heavy atom. The van der Waals surface area contributed by atoms with Crippen LogP contribution in [-0.4, -0.2) is 48.2 Å². The fourth-order valence-corrected chi connectivity index (χ4v) is 0.835. The van der Waals surface area contributed by atoms with Crippen molar-refractivity contribution >= 4 is 11.9 Å². The van der Waals surface area contributed by atoms with Crippen LogP contribution >= 0.6 is 0 Å². The number of hydrogen-bond donors (Lipinski definition) is 1. The molecule has 5 nitrogen and oxygen atoms in total. The van der Waals surface area contributed by atoms with Gasteiger partial charge in [0.2, 0.25) is 5.91 Å². The minimum absolute atomic E-state index is 0.131. The van der Waals surface area contributed by atoms with Crippen LogP contribution in [0, 0.1) is 0 Å². The van der Waals surface area contributed by atoms with E-state index in [0.29, 0.717) is 0 Å². The largest absolute Gasteiger partial charge is 0.479 e. The fourth-order valence-electron chi connectivity index (χ4n) is 0.835. The van der Waals surface area contributed by atoms with Crippen LogP contribution < -0.4 is 0 Å². The number of ether oxygens (including phenoxy) is 1. The molecule has 1 amide bonds. The van der Waals surface area contributed by atoms with E-state index in [1.165, 1.54) is 4.90 Å². The summed E-state index contributed by atoms with van der Waals surface area (Å²) >= 11 is 0. The Labute approximate surface area is 63.5 Å². The van der Waals surface area contributed by atoms with Gasteiger partial charge in [0.25, 0.3) is 0 Å². The lowest BCUT2D eigenvalue weighted by molar-refractivity contribution is -0.163. The number of aliphatic carboxylic acids is 1. The van der Waals surface area contributed by atoms with Crippen molar-refractivity contribution in [2.24, 2.45) is 0 Å². The van der Waals surface area contributed by atoms with Crippen LogP contribution in [0.25, 0.3) is 0 Å². The average Bonchev–Trinajstić information content (AvgIpc) is 1.94. The van der Waals surface area contributed by atoms with Crippen LogP contribution in [0.15, 0.2) is 0 Å². The highest BCUT2D eigenvalue weighted by Crippen LogP contribution is 2.03. The van der Waals surface area contributed by atoms with Crippen molar-refractivity contribution in [1.82, 2.24) is 4.90 Å². The third kappa shape index (κ3) is 1.68. The maximum Gasteiger partial charge on any atom is 0.334 e. The standard InChI is InChI=1S/C6H9NO4/c1-7-2-4(6(9)10)11-3-5(7)8/h4H,2-3H2,1H3,(H,9,10). The lowest BCUT2D eigenvalue weighted by atomic mass is 10.3. The molecule has 0 radical (unpaired) electrons. The molecule has 62 valence electrons. The van der Waals surface area contributed by atoms with Gasteiger partial charge in [-0.25, -0.2) is 4.79 Å². The second kappa shape index (κ2) is 2.87. The molecule has 1 aliphatic rings. The lowest BCUT2D eigenvalue weighted by Crippen LogP contribution is -2.47. The minimum Gasteiger partial charge on any atom is -0.479 e. The highest BCUT2D eigenvalue weighted by atomic mass is 16.5. The quantitative estimate of drug-likeness (QED) is 0.529. The number of morpholine rings is 1. The number of amides is 1. The molecule has 0 aromatic carbocycles. The number of carbonyl (C=O) groups excluding carboxylic acids is 1. The summed E-state index contributed by atoms with van der Waals surface area (Å²) in [5, 5.41) is 8.48. The van der Waals surface area contributed by atoms with Gasteiger partial charge < -0.3 is 14.7 Å². The maximum absolute atomic E-state index is 10.8. The van der Waals surface area contributed by atoms with Gasteiger partial charge in [-0.3, -0.25) is 4.79 Å². The average molecular weight is 159 g/mol. The molecule has 1 fully saturated rings. The lowest BCUT2D eigenvalue weighted by Gasteiger charge is -2.26. The number of hydrogen-bond acceptors (Lipinski definition) is 3. The molecule has 1 aliphatic heterocycles.